The second-order valence-corrected chi connectivity index (χ2v) is 8.16. The van der Waals surface area contributed by atoms with Gasteiger partial charge in [-0.15, -0.1) is 0 Å². The molecule has 2 aliphatic rings. The minimum atomic E-state index is -3.42. The molecular formula is C13H8N4O2S2. The summed E-state index contributed by atoms with van der Waals surface area (Å²) in [5, 5.41) is -0.0694. The number of benzene rings is 1. The summed E-state index contributed by atoms with van der Waals surface area (Å²) in [7, 11) is -3.42. The van der Waals surface area contributed by atoms with Crippen molar-refractivity contribution in [3.8, 4) is 0 Å². The van der Waals surface area contributed by atoms with Crippen LogP contribution in [0.4, 0.5) is 0 Å². The van der Waals surface area contributed by atoms with Crippen LogP contribution in [0.5, 0.6) is 0 Å². The fraction of sp³-hybridized carbons (Fsp3) is 0.154. The number of thioether (sulfide) groups is 1. The van der Waals surface area contributed by atoms with E-state index in [9.17, 15) is 8.42 Å². The molecule has 1 aromatic carbocycles. The second-order valence-electron chi connectivity index (χ2n) is 5.01. The molecule has 0 aliphatic carbocycles. The molecule has 2 aliphatic heterocycles. The van der Waals surface area contributed by atoms with Crippen LogP contribution in [0.3, 0.4) is 0 Å². The van der Waals surface area contributed by atoms with Crippen LogP contribution in [-0.4, -0.2) is 27.9 Å². The number of hydrogen-bond acceptors (Lipinski definition) is 6. The van der Waals surface area contributed by atoms with E-state index in [1.54, 1.807) is 23.0 Å². The van der Waals surface area contributed by atoms with E-state index >= 15 is 0 Å². The van der Waals surface area contributed by atoms with E-state index in [0.29, 0.717) is 16.1 Å². The Morgan fingerprint density at radius 3 is 2.90 bits per heavy atom. The normalized spacial score (nSPS) is 24.8. The third kappa shape index (κ3) is 1.29. The van der Waals surface area contributed by atoms with Gasteiger partial charge in [-0.25, -0.2) is 23.4 Å². The predicted octanol–water partition coefficient (Wildman–Crippen LogP) is 1.96. The highest BCUT2D eigenvalue weighted by Gasteiger charge is 2.49. The summed E-state index contributed by atoms with van der Waals surface area (Å²) in [6.07, 6.45) is 3.03. The first-order chi connectivity index (χ1) is 10.2. The van der Waals surface area contributed by atoms with Crippen molar-refractivity contribution in [3.05, 3.63) is 42.5 Å². The molecule has 8 heteroatoms. The zero-order chi connectivity index (χ0) is 14.2. The van der Waals surface area contributed by atoms with Crippen molar-refractivity contribution >= 4 is 32.8 Å². The number of aromatic nitrogens is 4. The summed E-state index contributed by atoms with van der Waals surface area (Å²) in [6, 6.07) is 7.18. The smallest absolute Gasteiger partial charge is 0.201 e. The lowest BCUT2D eigenvalue weighted by Gasteiger charge is -2.25. The van der Waals surface area contributed by atoms with Gasteiger partial charge in [0.1, 0.15) is 16.9 Å². The van der Waals surface area contributed by atoms with Crippen LogP contribution in [0.2, 0.25) is 0 Å². The number of fused-ring (bicyclic) bond motifs is 4. The zero-order valence-corrected chi connectivity index (χ0v) is 12.2. The third-order valence-electron chi connectivity index (χ3n) is 3.95. The fourth-order valence-electron chi connectivity index (χ4n) is 3.09. The molecule has 0 radical (unpaired) electrons. The molecule has 5 rings (SSSR count). The number of hydrogen-bond donors (Lipinski definition) is 0. The average molecular weight is 316 g/mol. The van der Waals surface area contributed by atoms with Crippen molar-refractivity contribution in [1.82, 2.24) is 19.5 Å². The molecule has 0 saturated carbocycles. The molecule has 6 nitrogen and oxygen atoms in total. The minimum absolute atomic E-state index is 0.189. The van der Waals surface area contributed by atoms with Gasteiger partial charge in [0.15, 0.2) is 11.0 Å². The summed E-state index contributed by atoms with van der Waals surface area (Å²) in [5.41, 5.74) is 2.09. The lowest BCUT2D eigenvalue weighted by molar-refractivity contribution is 0.556. The molecule has 0 unspecified atom stereocenters. The molecule has 2 aromatic heterocycles. The van der Waals surface area contributed by atoms with E-state index in [1.807, 2.05) is 12.1 Å². The molecule has 0 spiro atoms. The van der Waals surface area contributed by atoms with Crippen molar-refractivity contribution in [1.29, 1.82) is 0 Å². The quantitative estimate of drug-likeness (QED) is 0.590. The van der Waals surface area contributed by atoms with Crippen molar-refractivity contribution in [2.24, 2.45) is 0 Å². The number of imidazole rings is 1. The zero-order valence-electron chi connectivity index (χ0n) is 10.5. The molecule has 2 atom stereocenters. The van der Waals surface area contributed by atoms with Crippen LogP contribution in [0.25, 0.3) is 11.2 Å². The Bertz CT molecular complexity index is 1010. The first-order valence-electron chi connectivity index (χ1n) is 6.35. The Hall–Kier alpha value is -1.93. The molecule has 4 heterocycles. The fourth-order valence-corrected chi connectivity index (χ4v) is 6.99. The topological polar surface area (TPSA) is 77.7 Å². The van der Waals surface area contributed by atoms with Gasteiger partial charge in [0, 0.05) is 0 Å². The van der Waals surface area contributed by atoms with Gasteiger partial charge >= 0.3 is 0 Å². The van der Waals surface area contributed by atoms with E-state index in [4.69, 9.17) is 0 Å². The Labute approximate surface area is 124 Å². The summed E-state index contributed by atoms with van der Waals surface area (Å²) in [6.45, 7) is 0. The summed E-state index contributed by atoms with van der Waals surface area (Å²) in [4.78, 5) is 13.0. The summed E-state index contributed by atoms with van der Waals surface area (Å²) >= 11 is 1.48. The van der Waals surface area contributed by atoms with Crippen LogP contribution >= 0.6 is 11.8 Å². The van der Waals surface area contributed by atoms with E-state index < -0.39 is 15.2 Å². The Morgan fingerprint density at radius 2 is 2.00 bits per heavy atom. The Morgan fingerprint density at radius 1 is 1.14 bits per heavy atom. The monoisotopic (exact) mass is 316 g/mol. The van der Waals surface area contributed by atoms with Gasteiger partial charge in [0.25, 0.3) is 0 Å². The minimum Gasteiger partial charge on any atom is -0.307 e. The molecule has 0 bridgehead atoms. The van der Waals surface area contributed by atoms with E-state index in [-0.39, 0.29) is 5.25 Å². The van der Waals surface area contributed by atoms with Crippen LogP contribution in [0.15, 0.2) is 46.8 Å². The Balaban J connectivity index is 1.90. The highest BCUT2D eigenvalue weighted by molar-refractivity contribution is 8.01. The lowest BCUT2D eigenvalue weighted by atomic mass is 10.1. The van der Waals surface area contributed by atoms with Gasteiger partial charge in [-0.1, -0.05) is 30.0 Å². The number of nitrogens with zero attached hydrogens (tertiary/aromatic N) is 4. The van der Waals surface area contributed by atoms with Crippen LogP contribution < -0.4 is 0 Å². The molecule has 21 heavy (non-hydrogen) atoms. The number of rotatable bonds is 0. The van der Waals surface area contributed by atoms with Crippen LogP contribution in [0.1, 0.15) is 16.2 Å². The second kappa shape index (κ2) is 3.63. The number of sulfone groups is 1. The van der Waals surface area contributed by atoms with E-state index in [0.717, 1.165) is 10.6 Å². The standard InChI is InChI=1S/C13H8N4O2S2/c18-21(19)8-4-2-1-3-7(8)10-13(21)17-6-16-11-9(17)12(20-10)15-5-14-11/h1-6,10,13H/t10-,13+/m0/s1. The lowest BCUT2D eigenvalue weighted by Crippen LogP contribution is -2.21. The summed E-state index contributed by atoms with van der Waals surface area (Å²) in [5.74, 6) is 0. The average Bonchev–Trinajstić information content (AvgIpc) is 3.01. The molecule has 0 amide bonds. The van der Waals surface area contributed by atoms with E-state index in [2.05, 4.69) is 15.0 Å². The summed E-state index contributed by atoms with van der Waals surface area (Å²) < 4.78 is 27.4. The maximum Gasteiger partial charge on any atom is 0.201 e. The van der Waals surface area contributed by atoms with Crippen molar-refractivity contribution in [2.75, 3.05) is 0 Å². The molecule has 3 aromatic rings. The van der Waals surface area contributed by atoms with Crippen molar-refractivity contribution in [3.63, 3.8) is 0 Å². The van der Waals surface area contributed by atoms with Crippen molar-refractivity contribution < 1.29 is 8.42 Å². The van der Waals surface area contributed by atoms with Gasteiger partial charge < -0.3 is 4.57 Å². The van der Waals surface area contributed by atoms with Gasteiger partial charge in [0.2, 0.25) is 9.84 Å². The molecule has 0 N–H and O–H groups in total. The molecule has 0 fully saturated rings. The highest BCUT2D eigenvalue weighted by atomic mass is 32.2. The maximum absolute atomic E-state index is 12.9. The van der Waals surface area contributed by atoms with Gasteiger partial charge in [-0.2, -0.15) is 0 Å². The Kier molecular flexibility index (Phi) is 2.02. The third-order valence-corrected chi connectivity index (χ3v) is 7.53. The predicted molar refractivity (Wildman–Crippen MR) is 76.6 cm³/mol. The van der Waals surface area contributed by atoms with Gasteiger partial charge in [-0.3, -0.25) is 0 Å². The van der Waals surface area contributed by atoms with Crippen molar-refractivity contribution in [2.45, 2.75) is 20.5 Å². The van der Waals surface area contributed by atoms with Gasteiger partial charge in [0.05, 0.1) is 16.5 Å². The van der Waals surface area contributed by atoms with E-state index in [1.165, 1.54) is 18.1 Å². The SMILES string of the molecule is O=S1(=O)c2ccccc2[C@@H]2Sc3ncnc4ncn(c34)[C@@H]21. The first kappa shape index (κ1) is 11.7. The van der Waals surface area contributed by atoms with Crippen LogP contribution in [0, 0.1) is 0 Å². The largest absolute Gasteiger partial charge is 0.307 e. The molecular weight excluding hydrogens is 308 g/mol. The molecule has 0 saturated heterocycles. The first-order valence-corrected chi connectivity index (χ1v) is 8.77. The molecule has 104 valence electrons. The van der Waals surface area contributed by atoms with Crippen LogP contribution in [-0.2, 0) is 9.84 Å². The maximum atomic E-state index is 12.9. The van der Waals surface area contributed by atoms with Gasteiger partial charge in [-0.05, 0) is 11.6 Å². The highest BCUT2D eigenvalue weighted by Crippen LogP contribution is 2.57.